The number of ether oxygens (including phenoxy) is 1. The van der Waals surface area contributed by atoms with E-state index in [-0.39, 0.29) is 16.9 Å². The van der Waals surface area contributed by atoms with Crippen LogP contribution in [-0.2, 0) is 17.3 Å². The third-order valence-electron chi connectivity index (χ3n) is 4.54. The first-order valence-electron chi connectivity index (χ1n) is 8.66. The Balaban J connectivity index is 1.73. The normalized spacial score (nSPS) is 12.9. The summed E-state index contributed by atoms with van der Waals surface area (Å²) in [6.07, 6.45) is -3.33. The molecule has 0 fully saturated rings. The molecule has 1 unspecified atom stereocenters. The lowest BCUT2D eigenvalue weighted by atomic mass is 10.1. The van der Waals surface area contributed by atoms with Gasteiger partial charge in [-0.1, -0.05) is 41.4 Å². The SMILES string of the molecule is COC(CCc1ccc(O)c(Cl)c1Cl)c1ccc(-c2ccc(C(F)(F)F)cc2)s1. The maximum atomic E-state index is 12.7. The van der Waals surface area contributed by atoms with Crippen molar-refractivity contribution in [3.05, 3.63) is 74.6 Å². The number of thiophene rings is 1. The minimum atomic E-state index is -4.35. The quantitative estimate of drug-likeness (QED) is 0.407. The molecule has 1 aromatic heterocycles. The number of aryl methyl sites for hydroxylation is 1. The molecule has 29 heavy (non-hydrogen) atoms. The van der Waals surface area contributed by atoms with E-state index in [1.54, 1.807) is 13.2 Å². The predicted molar refractivity (Wildman–Crippen MR) is 111 cm³/mol. The maximum Gasteiger partial charge on any atom is 0.416 e. The fourth-order valence-corrected chi connectivity index (χ4v) is 4.50. The van der Waals surface area contributed by atoms with Crippen LogP contribution in [-0.4, -0.2) is 12.2 Å². The summed E-state index contributed by atoms with van der Waals surface area (Å²) in [5.74, 6) is -0.0665. The van der Waals surface area contributed by atoms with Gasteiger partial charge in [0.2, 0.25) is 0 Å². The Morgan fingerprint density at radius 3 is 2.31 bits per heavy atom. The number of benzene rings is 2. The minimum absolute atomic E-state index is 0.0665. The van der Waals surface area contributed by atoms with Crippen molar-refractivity contribution in [3.8, 4) is 16.2 Å². The van der Waals surface area contributed by atoms with Crippen LogP contribution in [0.25, 0.3) is 10.4 Å². The van der Waals surface area contributed by atoms with Crippen LogP contribution in [0.1, 0.15) is 28.5 Å². The lowest BCUT2D eigenvalue weighted by Gasteiger charge is -2.15. The van der Waals surface area contributed by atoms with E-state index in [2.05, 4.69) is 0 Å². The number of hydrogen-bond donors (Lipinski definition) is 1. The third-order valence-corrected chi connectivity index (χ3v) is 6.68. The van der Waals surface area contributed by atoms with Crippen molar-refractivity contribution in [2.75, 3.05) is 7.11 Å². The zero-order valence-electron chi connectivity index (χ0n) is 15.3. The molecular weight excluding hydrogens is 444 g/mol. The van der Waals surface area contributed by atoms with Gasteiger partial charge in [0.1, 0.15) is 10.8 Å². The van der Waals surface area contributed by atoms with Gasteiger partial charge in [0.25, 0.3) is 0 Å². The van der Waals surface area contributed by atoms with Crippen LogP contribution in [0.15, 0.2) is 48.5 Å². The topological polar surface area (TPSA) is 29.5 Å². The fourth-order valence-electron chi connectivity index (χ4n) is 2.94. The molecule has 1 atom stereocenters. The summed E-state index contributed by atoms with van der Waals surface area (Å²) < 4.78 is 43.8. The van der Waals surface area contributed by atoms with E-state index in [4.69, 9.17) is 27.9 Å². The Bertz CT molecular complexity index is 985. The first-order valence-corrected chi connectivity index (χ1v) is 10.2. The molecule has 0 aliphatic rings. The van der Waals surface area contributed by atoms with Crippen molar-refractivity contribution in [2.45, 2.75) is 25.1 Å². The Morgan fingerprint density at radius 2 is 1.69 bits per heavy atom. The molecule has 0 saturated heterocycles. The highest BCUT2D eigenvalue weighted by atomic mass is 35.5. The molecule has 3 aromatic rings. The van der Waals surface area contributed by atoms with E-state index >= 15 is 0 Å². The number of halogens is 5. The molecule has 0 radical (unpaired) electrons. The number of alkyl halides is 3. The molecule has 0 bridgehead atoms. The smallest absolute Gasteiger partial charge is 0.416 e. The predicted octanol–water partition coefficient (Wildman–Crippen LogP) is 7.77. The van der Waals surface area contributed by atoms with Crippen molar-refractivity contribution in [2.24, 2.45) is 0 Å². The van der Waals surface area contributed by atoms with Crippen LogP contribution >= 0.6 is 34.5 Å². The van der Waals surface area contributed by atoms with E-state index in [1.807, 2.05) is 12.1 Å². The lowest BCUT2D eigenvalue weighted by molar-refractivity contribution is -0.137. The summed E-state index contributed by atoms with van der Waals surface area (Å²) in [6.45, 7) is 0. The van der Waals surface area contributed by atoms with Crippen LogP contribution in [0.3, 0.4) is 0 Å². The molecule has 0 amide bonds. The number of hydrogen-bond acceptors (Lipinski definition) is 3. The molecule has 2 nitrogen and oxygen atoms in total. The second kappa shape index (κ2) is 8.96. The fraction of sp³-hybridized carbons (Fsp3) is 0.238. The summed E-state index contributed by atoms with van der Waals surface area (Å²) in [4.78, 5) is 1.82. The Kier molecular flexibility index (Phi) is 6.79. The monoisotopic (exact) mass is 460 g/mol. The van der Waals surface area contributed by atoms with E-state index < -0.39 is 11.7 Å². The van der Waals surface area contributed by atoms with Gasteiger partial charge in [-0.3, -0.25) is 0 Å². The van der Waals surface area contributed by atoms with E-state index in [0.29, 0.717) is 17.9 Å². The molecule has 0 spiro atoms. The minimum Gasteiger partial charge on any atom is -0.506 e. The van der Waals surface area contributed by atoms with Gasteiger partial charge >= 0.3 is 6.18 Å². The molecular formula is C21H17Cl2F3O2S. The highest BCUT2D eigenvalue weighted by Crippen LogP contribution is 2.38. The molecule has 154 valence electrons. The van der Waals surface area contributed by atoms with Crippen molar-refractivity contribution < 1.29 is 23.0 Å². The highest BCUT2D eigenvalue weighted by molar-refractivity contribution is 7.15. The van der Waals surface area contributed by atoms with Crippen LogP contribution < -0.4 is 0 Å². The number of phenolic OH excluding ortho intramolecular Hbond substituents is 1. The number of phenols is 1. The average molecular weight is 461 g/mol. The van der Waals surface area contributed by atoms with Crippen LogP contribution in [0, 0.1) is 0 Å². The highest BCUT2D eigenvalue weighted by Gasteiger charge is 2.30. The molecule has 3 rings (SSSR count). The maximum absolute atomic E-state index is 12.7. The van der Waals surface area contributed by atoms with Crippen molar-refractivity contribution in [1.29, 1.82) is 0 Å². The van der Waals surface area contributed by atoms with Gasteiger partial charge in [-0.25, -0.2) is 0 Å². The van der Waals surface area contributed by atoms with Crippen LogP contribution in [0.4, 0.5) is 13.2 Å². The summed E-state index contributed by atoms with van der Waals surface area (Å²) in [5.41, 5.74) is 0.853. The van der Waals surface area contributed by atoms with E-state index in [1.165, 1.54) is 29.5 Å². The summed E-state index contributed by atoms with van der Waals surface area (Å²) in [7, 11) is 1.60. The zero-order valence-corrected chi connectivity index (χ0v) is 17.6. The van der Waals surface area contributed by atoms with Crippen LogP contribution in [0.2, 0.25) is 10.0 Å². The molecule has 2 aromatic carbocycles. The summed E-state index contributed by atoms with van der Waals surface area (Å²) in [6, 6.07) is 12.1. The van der Waals surface area contributed by atoms with Gasteiger partial charge in [-0.15, -0.1) is 11.3 Å². The number of rotatable bonds is 6. The second-order valence-electron chi connectivity index (χ2n) is 6.41. The summed E-state index contributed by atoms with van der Waals surface area (Å²) in [5, 5.41) is 10.0. The van der Waals surface area contributed by atoms with Gasteiger partial charge in [-0.2, -0.15) is 13.2 Å². The van der Waals surface area contributed by atoms with Crippen molar-refractivity contribution in [3.63, 3.8) is 0 Å². The van der Waals surface area contributed by atoms with Gasteiger partial charge in [0, 0.05) is 16.9 Å². The van der Waals surface area contributed by atoms with Crippen molar-refractivity contribution >= 4 is 34.5 Å². The Morgan fingerprint density at radius 1 is 1.00 bits per heavy atom. The van der Waals surface area contributed by atoms with Gasteiger partial charge in [0.15, 0.2) is 0 Å². The average Bonchev–Trinajstić information content (AvgIpc) is 3.17. The standard InChI is InChI=1S/C21H17Cl2F3O2S/c1-28-16(9-5-13-4-8-15(27)20(23)19(13)22)18-11-10-17(29-18)12-2-6-14(7-3-12)21(24,25)26/h2-4,6-8,10-11,16,27H,5,9H2,1H3. The van der Waals surface area contributed by atoms with Gasteiger partial charge in [0.05, 0.1) is 16.7 Å². The number of aromatic hydroxyl groups is 1. The third kappa shape index (κ3) is 5.07. The lowest BCUT2D eigenvalue weighted by Crippen LogP contribution is -2.03. The van der Waals surface area contributed by atoms with Crippen molar-refractivity contribution in [1.82, 2.24) is 0 Å². The number of methoxy groups -OCH3 is 1. The first-order chi connectivity index (χ1) is 13.7. The van der Waals surface area contributed by atoms with E-state index in [0.717, 1.165) is 33.0 Å². The summed E-state index contributed by atoms with van der Waals surface area (Å²) >= 11 is 13.6. The molecule has 0 aliphatic heterocycles. The molecule has 8 heteroatoms. The first kappa shape index (κ1) is 22.0. The second-order valence-corrected chi connectivity index (χ2v) is 8.28. The Hall–Kier alpha value is -1.73. The molecule has 1 N–H and O–H groups in total. The zero-order chi connectivity index (χ0) is 21.2. The van der Waals surface area contributed by atoms with Gasteiger partial charge < -0.3 is 9.84 Å². The van der Waals surface area contributed by atoms with E-state index in [9.17, 15) is 18.3 Å². The molecule has 1 heterocycles. The Labute approximate surface area is 180 Å². The van der Waals surface area contributed by atoms with Crippen LogP contribution in [0.5, 0.6) is 5.75 Å². The molecule has 0 aliphatic carbocycles. The largest absolute Gasteiger partial charge is 0.506 e. The molecule has 0 saturated carbocycles. The van der Waals surface area contributed by atoms with Gasteiger partial charge in [-0.05, 0) is 54.3 Å².